The van der Waals surface area contributed by atoms with Crippen LogP contribution in [0.4, 0.5) is 0 Å². The number of halogens is 2. The number of rotatable bonds is 0. The minimum absolute atomic E-state index is 0. The van der Waals surface area contributed by atoms with E-state index in [9.17, 15) is 0 Å². The van der Waals surface area contributed by atoms with Gasteiger partial charge in [-0.3, -0.25) is 0 Å². The molecule has 3 heteroatoms. The van der Waals surface area contributed by atoms with Crippen molar-refractivity contribution in [2.45, 2.75) is 7.43 Å². The Morgan fingerprint density at radius 3 is 0.750 bits per heavy atom. The smallest absolute Gasteiger partial charge is 0 e. The molecule has 0 amide bonds. The Kier molecular flexibility index (Phi) is 162. The van der Waals surface area contributed by atoms with Crippen LogP contribution >= 0.6 is 34.0 Å². The van der Waals surface area contributed by atoms with Gasteiger partial charge in [0.15, 0.2) is 0 Å². The van der Waals surface area contributed by atoms with Gasteiger partial charge < -0.3 is 0 Å². The van der Waals surface area contributed by atoms with E-state index in [4.69, 9.17) is 0 Å². The summed E-state index contributed by atoms with van der Waals surface area (Å²) in [5.41, 5.74) is 0. The maximum atomic E-state index is 0. The van der Waals surface area contributed by atoms with Crippen molar-refractivity contribution in [3.8, 4) is 0 Å². The van der Waals surface area contributed by atoms with Crippen LogP contribution in [0.3, 0.4) is 0 Å². The van der Waals surface area contributed by atoms with Gasteiger partial charge in [0, 0.05) is 37.7 Å². The van der Waals surface area contributed by atoms with Crippen LogP contribution in [-0.2, 0) is 0 Å². The van der Waals surface area contributed by atoms with Crippen LogP contribution in [0.25, 0.3) is 0 Å². The third-order valence-electron chi connectivity index (χ3n) is 0. The molecule has 32 valence electrons. The van der Waals surface area contributed by atoms with Crippen molar-refractivity contribution in [1.29, 1.82) is 0 Å². The van der Waals surface area contributed by atoms with Crippen LogP contribution in [-0.4, -0.2) is 0 Å². The normalized spacial score (nSPS) is 0. The zero-order valence-electron chi connectivity index (χ0n) is 1.17. The van der Waals surface area contributed by atoms with E-state index < -0.39 is 0 Å². The molecule has 4 heavy (non-hydrogen) atoms. The summed E-state index contributed by atoms with van der Waals surface area (Å²) in [7, 11) is 0. The zero-order valence-corrected chi connectivity index (χ0v) is 5.30. The molecule has 0 aromatic carbocycles. The molecule has 0 unspecified atom stereocenters. The minimum Gasteiger partial charge on any atom is -0.114 e. The van der Waals surface area contributed by atoms with Crippen molar-refractivity contribution in [2.24, 2.45) is 0 Å². The molecule has 0 bridgehead atoms. The summed E-state index contributed by atoms with van der Waals surface area (Å²) >= 11 is 0. The van der Waals surface area contributed by atoms with E-state index in [0.717, 1.165) is 0 Å². The predicted molar refractivity (Wildman–Crippen MR) is 27.4 cm³/mol. The second-order valence-corrected chi connectivity index (χ2v) is 0. The SMILES string of the molecule is Br.Br.C.[Ar]. The van der Waals surface area contributed by atoms with Gasteiger partial charge in [0.2, 0.25) is 0 Å². The fraction of sp³-hybridized carbons (Fsp3) is 1.00. The molecule has 0 heterocycles. The Labute approximate surface area is 77.9 Å². The van der Waals surface area contributed by atoms with Gasteiger partial charge in [-0.1, -0.05) is 7.43 Å². The molecule has 0 saturated heterocycles. The molecule has 0 radical (unpaired) electrons. The molecule has 0 aromatic rings. The van der Waals surface area contributed by atoms with E-state index >= 15 is 0 Å². The first kappa shape index (κ1) is 34.4. The van der Waals surface area contributed by atoms with Gasteiger partial charge in [-0.05, 0) is 0 Å². The Hall–Kier alpha value is 2.22. The van der Waals surface area contributed by atoms with Crippen LogP contribution in [0, 0.1) is 37.7 Å². The first-order valence-corrected chi connectivity index (χ1v) is 0. The molecule has 0 rings (SSSR count). The van der Waals surface area contributed by atoms with E-state index in [1.54, 1.807) is 0 Å². The van der Waals surface area contributed by atoms with Gasteiger partial charge >= 0.3 is 0 Å². The van der Waals surface area contributed by atoms with Crippen molar-refractivity contribution in [1.82, 2.24) is 0 Å². The maximum Gasteiger partial charge on any atom is 0 e. The van der Waals surface area contributed by atoms with E-state index in [-0.39, 0.29) is 79.1 Å². The standard InChI is InChI=1S/CH4.Ar.2BrH/h1H4;;2*1H. The van der Waals surface area contributed by atoms with Crippen LogP contribution in [0.1, 0.15) is 7.43 Å². The van der Waals surface area contributed by atoms with E-state index in [0.29, 0.717) is 0 Å². The number of hydrogen-bond donors (Lipinski definition) is 0. The fourth-order valence-corrected chi connectivity index (χ4v) is 0. The molecule has 0 nitrogen and oxygen atoms in total. The van der Waals surface area contributed by atoms with Gasteiger partial charge in [0.1, 0.15) is 0 Å². The summed E-state index contributed by atoms with van der Waals surface area (Å²) in [5, 5.41) is 0. The van der Waals surface area contributed by atoms with Gasteiger partial charge in [-0.2, -0.15) is 0 Å². The van der Waals surface area contributed by atoms with Crippen molar-refractivity contribution < 1.29 is 37.7 Å². The third-order valence-corrected chi connectivity index (χ3v) is 0. The van der Waals surface area contributed by atoms with Crippen LogP contribution in [0.5, 0.6) is 0 Å². The summed E-state index contributed by atoms with van der Waals surface area (Å²) in [6.07, 6.45) is 0. The third kappa shape index (κ3) is 8.88. The summed E-state index contributed by atoms with van der Waals surface area (Å²) in [6.45, 7) is 0. The average Bonchev–Trinajstić information content (AvgIpc) is 0. The van der Waals surface area contributed by atoms with Crippen molar-refractivity contribution in [2.75, 3.05) is 0 Å². The molecule has 0 aliphatic heterocycles. The average molecular weight is 218 g/mol. The molecular weight excluding hydrogens is 212 g/mol. The van der Waals surface area contributed by atoms with Gasteiger partial charge in [0.25, 0.3) is 0 Å². The van der Waals surface area contributed by atoms with E-state index in [1.807, 2.05) is 0 Å². The fourth-order valence-electron chi connectivity index (χ4n) is 0. The Balaban J connectivity index is 0. The first-order valence-electron chi connectivity index (χ1n) is 0. The van der Waals surface area contributed by atoms with Crippen molar-refractivity contribution in [3.63, 3.8) is 0 Å². The summed E-state index contributed by atoms with van der Waals surface area (Å²) in [4.78, 5) is 0. The van der Waals surface area contributed by atoms with Crippen LogP contribution < -0.4 is 0 Å². The molecule has 0 atom stereocenters. The monoisotopic (exact) mass is 216 g/mol. The van der Waals surface area contributed by atoms with Crippen LogP contribution in [0.2, 0.25) is 0 Å². The summed E-state index contributed by atoms with van der Waals surface area (Å²) in [6, 6.07) is 0. The van der Waals surface area contributed by atoms with E-state index in [1.165, 1.54) is 0 Å². The molecule has 0 spiro atoms. The quantitative estimate of drug-likeness (QED) is 0.581. The van der Waals surface area contributed by atoms with Crippen LogP contribution in [0.15, 0.2) is 0 Å². The van der Waals surface area contributed by atoms with Crippen molar-refractivity contribution in [3.05, 3.63) is 0 Å². The maximum absolute atomic E-state index is 0. The van der Waals surface area contributed by atoms with Gasteiger partial charge in [0.05, 0.1) is 0 Å². The topological polar surface area (TPSA) is 0 Å². The predicted octanol–water partition coefficient (Wildman–Crippen LogP) is 1.79. The summed E-state index contributed by atoms with van der Waals surface area (Å²) in [5.74, 6) is 0. The van der Waals surface area contributed by atoms with Gasteiger partial charge in [-0.25, -0.2) is 0 Å². The Bertz CT molecular complexity index is 6.00. The van der Waals surface area contributed by atoms with E-state index in [2.05, 4.69) is 0 Å². The molecule has 0 aromatic heterocycles. The summed E-state index contributed by atoms with van der Waals surface area (Å²) < 4.78 is 0. The molecular formula is CH6ArBr2. The molecule has 0 saturated carbocycles. The minimum atomic E-state index is 0. The van der Waals surface area contributed by atoms with Crippen molar-refractivity contribution >= 4 is 34.0 Å². The molecule has 0 aliphatic carbocycles. The molecule has 0 N–H and O–H groups in total. The Morgan fingerprint density at radius 1 is 0.750 bits per heavy atom. The van der Waals surface area contributed by atoms with Gasteiger partial charge in [-0.15, -0.1) is 34.0 Å². The molecule has 0 fully saturated rings. The molecule has 0 aliphatic rings. The second kappa shape index (κ2) is 18.9. The Morgan fingerprint density at radius 2 is 0.750 bits per heavy atom. The second-order valence-electron chi connectivity index (χ2n) is 0. The zero-order chi connectivity index (χ0) is 0. The number of hydrogen-bond acceptors (Lipinski definition) is 0. The largest absolute Gasteiger partial charge is 0.114 e. The first-order chi connectivity index (χ1) is 0.